The van der Waals surface area contributed by atoms with Crippen molar-refractivity contribution in [2.24, 2.45) is 5.92 Å². The molecule has 0 saturated heterocycles. The van der Waals surface area contributed by atoms with E-state index in [1.807, 2.05) is 0 Å². The van der Waals surface area contributed by atoms with E-state index in [0.717, 1.165) is 36.7 Å². The molecular weight excluding hydrogens is 383 g/mol. The quantitative estimate of drug-likeness (QED) is 0.744. The number of nitriles is 1. The fourth-order valence-corrected chi connectivity index (χ4v) is 3.65. The average Bonchev–Trinajstić information content (AvgIpc) is 3.38. The Kier molecular flexibility index (Phi) is 5.15. The number of benzene rings is 1. The van der Waals surface area contributed by atoms with Crippen molar-refractivity contribution in [1.29, 1.82) is 5.26 Å². The maximum Gasteiger partial charge on any atom is 0.416 e. The number of rotatable bonds is 5. The number of hydrogen-bond donors (Lipinski definition) is 2. The Morgan fingerprint density at radius 3 is 2.67 bits per heavy atom. The summed E-state index contributed by atoms with van der Waals surface area (Å²) in [6.45, 7) is 0. The fourth-order valence-electron chi connectivity index (χ4n) is 2.55. The van der Waals surface area contributed by atoms with E-state index in [1.165, 1.54) is 6.07 Å². The third kappa shape index (κ3) is 4.42. The highest BCUT2D eigenvalue weighted by Gasteiger charge is 2.37. The van der Waals surface area contributed by atoms with E-state index >= 15 is 0 Å². The first-order valence-electron chi connectivity index (χ1n) is 8.10. The van der Waals surface area contributed by atoms with E-state index in [0.29, 0.717) is 4.90 Å². The van der Waals surface area contributed by atoms with E-state index < -0.39 is 40.5 Å². The molecule has 1 aliphatic carbocycles. The topological polar surface area (TPSA) is 99.1 Å². The number of thioether (sulfide) groups is 1. The molecule has 2 amide bonds. The lowest BCUT2D eigenvalue weighted by Gasteiger charge is -2.25. The number of halogens is 3. The van der Waals surface area contributed by atoms with Crippen LogP contribution < -0.4 is 10.6 Å². The Morgan fingerprint density at radius 1 is 1.37 bits per heavy atom. The van der Waals surface area contributed by atoms with Gasteiger partial charge in [-0.3, -0.25) is 14.4 Å². The lowest BCUT2D eigenvalue weighted by atomic mass is 10.00. The van der Waals surface area contributed by atoms with Gasteiger partial charge in [0.1, 0.15) is 0 Å². The number of hydrogen-bond acceptors (Lipinski definition) is 5. The van der Waals surface area contributed by atoms with Crippen molar-refractivity contribution < 1.29 is 27.6 Å². The van der Waals surface area contributed by atoms with Crippen LogP contribution in [0.5, 0.6) is 0 Å². The maximum atomic E-state index is 12.8. The molecule has 2 N–H and O–H groups in total. The molecule has 1 aromatic carbocycles. The molecule has 27 heavy (non-hydrogen) atoms. The third-order valence-corrected chi connectivity index (χ3v) is 5.43. The van der Waals surface area contributed by atoms with Gasteiger partial charge in [0, 0.05) is 17.4 Å². The molecule has 3 rings (SSSR count). The van der Waals surface area contributed by atoms with Crippen LogP contribution in [0.3, 0.4) is 0 Å². The minimum atomic E-state index is -4.54. The van der Waals surface area contributed by atoms with Crippen LogP contribution in [0.25, 0.3) is 0 Å². The summed E-state index contributed by atoms with van der Waals surface area (Å²) in [5.41, 5.74) is -0.871. The number of nitrogens with one attached hydrogen (secondary N) is 2. The number of ketones is 1. The molecule has 1 saturated carbocycles. The fraction of sp³-hybridized carbons (Fsp3) is 0.412. The van der Waals surface area contributed by atoms with Gasteiger partial charge in [-0.2, -0.15) is 18.4 Å². The van der Waals surface area contributed by atoms with Crippen molar-refractivity contribution in [2.75, 3.05) is 5.32 Å². The molecule has 0 unspecified atom stereocenters. The smallest absolute Gasteiger partial charge is 0.352 e. The molecule has 2 atom stereocenters. The first kappa shape index (κ1) is 19.2. The molecular formula is C17H14F3N3O3S. The monoisotopic (exact) mass is 397 g/mol. The van der Waals surface area contributed by atoms with Crippen LogP contribution in [-0.2, 0) is 20.6 Å². The maximum absolute atomic E-state index is 12.8. The zero-order valence-corrected chi connectivity index (χ0v) is 14.6. The Labute approximate surface area is 156 Å². The first-order chi connectivity index (χ1) is 12.7. The largest absolute Gasteiger partial charge is 0.416 e. The van der Waals surface area contributed by atoms with Crippen LogP contribution in [-0.4, -0.2) is 28.9 Å². The summed E-state index contributed by atoms with van der Waals surface area (Å²) >= 11 is 0.937. The highest BCUT2D eigenvalue weighted by atomic mass is 32.2. The Morgan fingerprint density at radius 2 is 2.07 bits per heavy atom. The second-order valence-electron chi connectivity index (χ2n) is 6.32. The van der Waals surface area contributed by atoms with Crippen molar-refractivity contribution in [3.8, 4) is 6.07 Å². The van der Waals surface area contributed by atoms with Gasteiger partial charge < -0.3 is 10.6 Å². The van der Waals surface area contributed by atoms with Crippen LogP contribution in [0, 0.1) is 17.2 Å². The molecule has 0 bridgehead atoms. The minimum Gasteiger partial charge on any atom is -0.352 e. The Hall–Kier alpha value is -2.54. The van der Waals surface area contributed by atoms with Crippen LogP contribution in [0.15, 0.2) is 23.1 Å². The molecule has 1 aromatic rings. The van der Waals surface area contributed by atoms with Gasteiger partial charge in [0.2, 0.25) is 11.8 Å². The summed E-state index contributed by atoms with van der Waals surface area (Å²) < 4.78 is 38.3. The van der Waals surface area contributed by atoms with Crippen molar-refractivity contribution >= 4 is 35.0 Å². The molecule has 2 aliphatic rings. The normalized spacial score (nSPS) is 20.1. The predicted octanol–water partition coefficient (Wildman–Crippen LogP) is 2.50. The van der Waals surface area contributed by atoms with Crippen molar-refractivity contribution in [1.82, 2.24) is 5.32 Å². The summed E-state index contributed by atoms with van der Waals surface area (Å²) in [4.78, 5) is 36.8. The van der Waals surface area contributed by atoms with E-state index in [2.05, 4.69) is 10.6 Å². The van der Waals surface area contributed by atoms with Gasteiger partial charge in [-0.1, -0.05) is 0 Å². The molecule has 0 radical (unpaired) electrons. The summed E-state index contributed by atoms with van der Waals surface area (Å²) in [6, 6.07) is 4.59. The third-order valence-electron chi connectivity index (χ3n) is 4.15. The van der Waals surface area contributed by atoms with Gasteiger partial charge in [0.15, 0.2) is 11.7 Å². The van der Waals surface area contributed by atoms with Crippen LogP contribution in [0.4, 0.5) is 18.9 Å². The van der Waals surface area contributed by atoms with Crippen LogP contribution in [0.1, 0.15) is 24.8 Å². The van der Waals surface area contributed by atoms with Gasteiger partial charge >= 0.3 is 6.18 Å². The van der Waals surface area contributed by atoms with Gasteiger partial charge in [-0.05, 0) is 31.0 Å². The number of anilines is 1. The molecule has 1 fully saturated rings. The molecule has 0 aromatic heterocycles. The van der Waals surface area contributed by atoms with Gasteiger partial charge in [-0.15, -0.1) is 11.8 Å². The zero-order chi connectivity index (χ0) is 19.8. The van der Waals surface area contributed by atoms with Crippen LogP contribution >= 0.6 is 11.8 Å². The van der Waals surface area contributed by atoms with E-state index in [4.69, 9.17) is 5.26 Å². The zero-order valence-electron chi connectivity index (χ0n) is 13.8. The Balaban J connectivity index is 1.69. The number of amides is 2. The number of Topliss-reactive ketones (excluding diaryl/α,β-unsaturated/α-hetero) is 1. The number of nitrogens with zero attached hydrogens (tertiary/aromatic N) is 1. The highest BCUT2D eigenvalue weighted by molar-refractivity contribution is 8.01. The first-order valence-corrected chi connectivity index (χ1v) is 8.98. The summed E-state index contributed by atoms with van der Waals surface area (Å²) in [5.74, 6) is -3.52. The van der Waals surface area contributed by atoms with Crippen molar-refractivity contribution in [3.05, 3.63) is 23.8 Å². The molecule has 142 valence electrons. The SMILES string of the molecule is N#C[C@@H](C(=O)C[C@@H]1Sc2ccc(C(F)(F)F)cc2NC1=O)C(=O)NC1CC1. The summed E-state index contributed by atoms with van der Waals surface area (Å²) in [7, 11) is 0. The summed E-state index contributed by atoms with van der Waals surface area (Å²) in [5, 5.41) is 13.1. The van der Waals surface area contributed by atoms with Gasteiger partial charge in [0.05, 0.1) is 22.6 Å². The van der Waals surface area contributed by atoms with E-state index in [9.17, 15) is 27.6 Å². The predicted molar refractivity (Wildman–Crippen MR) is 89.6 cm³/mol. The average molecular weight is 397 g/mol. The van der Waals surface area contributed by atoms with E-state index in [-0.39, 0.29) is 18.2 Å². The number of carbonyl (C=O) groups excluding carboxylic acids is 3. The molecule has 1 aliphatic heterocycles. The molecule has 10 heteroatoms. The van der Waals surface area contributed by atoms with Crippen molar-refractivity contribution in [2.45, 2.75) is 41.6 Å². The number of carbonyl (C=O) groups is 3. The molecule has 0 spiro atoms. The number of alkyl halides is 3. The molecule has 6 nitrogen and oxygen atoms in total. The lowest BCUT2D eigenvalue weighted by molar-refractivity contribution is -0.137. The standard InChI is InChI=1S/C17H14F3N3O3S/c18-17(19,20)8-1-4-13-11(5-8)23-16(26)14(27-13)6-12(24)10(7-21)15(25)22-9-2-3-9/h1,4-5,9-10,14H,2-3,6H2,(H,22,25)(H,23,26)/t10-,14-/m0/s1. The Bertz CT molecular complexity index is 846. The number of fused-ring (bicyclic) bond motifs is 1. The second kappa shape index (κ2) is 7.23. The summed E-state index contributed by atoms with van der Waals surface area (Å²) in [6.07, 6.45) is -3.30. The second-order valence-corrected chi connectivity index (χ2v) is 7.56. The van der Waals surface area contributed by atoms with Gasteiger partial charge in [-0.25, -0.2) is 0 Å². The highest BCUT2D eigenvalue weighted by Crippen LogP contribution is 2.40. The lowest BCUT2D eigenvalue weighted by Crippen LogP contribution is -2.38. The molecule has 1 heterocycles. The minimum absolute atomic E-state index is 0.0109. The van der Waals surface area contributed by atoms with E-state index in [1.54, 1.807) is 6.07 Å². The van der Waals surface area contributed by atoms with Gasteiger partial charge in [0.25, 0.3) is 0 Å². The van der Waals surface area contributed by atoms with Crippen LogP contribution in [0.2, 0.25) is 0 Å². The van der Waals surface area contributed by atoms with Crippen molar-refractivity contribution in [3.63, 3.8) is 0 Å².